The minimum Gasteiger partial charge on any atom is -1.00 e. The Hall–Kier alpha value is -3.46. The molecule has 4 aromatic carbocycles. The molecule has 6 aromatic rings. The number of hydrogen-bond acceptors (Lipinski definition) is 5. The Kier molecular flexibility index (Phi) is 7.37. The molecule has 0 aliphatic carbocycles. The summed E-state index contributed by atoms with van der Waals surface area (Å²) in [6.45, 7) is 5.26. The number of pyridine rings is 1. The molecule has 0 saturated heterocycles. The molecule has 2 heterocycles. The zero-order valence-corrected chi connectivity index (χ0v) is 25.0. The molecule has 8 heteroatoms. The lowest BCUT2D eigenvalue weighted by molar-refractivity contribution is -0.868. The van der Waals surface area contributed by atoms with Crippen LogP contribution in [0.1, 0.15) is 6.92 Å². The first kappa shape index (κ1) is 27.1. The molecule has 0 aliphatic rings. The summed E-state index contributed by atoms with van der Waals surface area (Å²) < 4.78 is 3.81. The highest BCUT2D eigenvalue weighted by molar-refractivity contribution is 7.71. The number of anilines is 1. The van der Waals surface area contributed by atoms with Crippen LogP contribution in [0, 0.1) is 4.64 Å². The fourth-order valence-corrected chi connectivity index (χ4v) is 5.45. The van der Waals surface area contributed by atoms with Crippen molar-refractivity contribution in [3.8, 4) is 0 Å². The summed E-state index contributed by atoms with van der Waals surface area (Å²) >= 11 is 5.93. The number of hydrogen-bond donors (Lipinski definition) is 0. The molecule has 6 nitrogen and oxygen atoms in total. The minimum atomic E-state index is 0. The lowest BCUT2D eigenvalue weighted by Crippen LogP contribution is -3.00. The van der Waals surface area contributed by atoms with E-state index in [1.54, 1.807) is 0 Å². The summed E-state index contributed by atoms with van der Waals surface area (Å²) in [5.41, 5.74) is 5.63. The van der Waals surface area contributed by atoms with Crippen molar-refractivity contribution in [2.24, 2.45) is 10.2 Å². The largest absolute Gasteiger partial charge is 1.00 e. The van der Waals surface area contributed by atoms with Crippen molar-refractivity contribution in [2.45, 2.75) is 6.92 Å². The van der Waals surface area contributed by atoms with E-state index in [4.69, 9.17) is 17.2 Å². The maximum atomic E-state index is 5.93. The summed E-state index contributed by atoms with van der Waals surface area (Å²) in [5, 5.41) is 13.5. The average Bonchev–Trinajstić information content (AvgIpc) is 3.31. The summed E-state index contributed by atoms with van der Waals surface area (Å²) in [6.07, 6.45) is 0. The van der Waals surface area contributed by atoms with E-state index in [-0.39, 0.29) is 17.0 Å². The number of nitrogens with zero attached hydrogens (tertiary/aromatic N) is 6. The SMILES string of the molecule is CCN(CC[N+](C)(C)C)c1ccc(N=Nc2cc3cccc4c(=S)n5c6ccccc6nc5c(c2)c34)cc1.[Br-]. The van der Waals surface area contributed by atoms with Crippen molar-refractivity contribution < 1.29 is 21.5 Å². The molecule has 0 radical (unpaired) electrons. The first-order valence-corrected chi connectivity index (χ1v) is 13.4. The van der Waals surface area contributed by atoms with Crippen LogP contribution in [0.4, 0.5) is 17.1 Å². The fraction of sp³-hybridized carbons (Fsp3) is 0.226. The molecule has 0 saturated carbocycles. The number of azo groups is 1. The van der Waals surface area contributed by atoms with E-state index >= 15 is 0 Å². The summed E-state index contributed by atoms with van der Waals surface area (Å²) in [6, 6.07) is 26.9. The molecule has 0 aliphatic heterocycles. The second-order valence-corrected chi connectivity index (χ2v) is 11.2. The Balaban J connectivity index is 0.00000308. The number of rotatable bonds is 7. The zero-order chi connectivity index (χ0) is 26.4. The van der Waals surface area contributed by atoms with Crippen LogP contribution in [0.5, 0.6) is 0 Å². The highest BCUT2D eigenvalue weighted by atomic mass is 79.9. The molecule has 2 aromatic heterocycles. The number of halogens is 1. The van der Waals surface area contributed by atoms with Crippen molar-refractivity contribution in [1.82, 2.24) is 9.38 Å². The van der Waals surface area contributed by atoms with Crippen LogP contribution in [0.25, 0.3) is 38.2 Å². The third-order valence-corrected chi connectivity index (χ3v) is 7.52. The van der Waals surface area contributed by atoms with E-state index in [2.05, 4.69) is 96.1 Å². The van der Waals surface area contributed by atoms with Gasteiger partial charge in [0.25, 0.3) is 0 Å². The molecule has 0 bridgehead atoms. The van der Waals surface area contributed by atoms with Gasteiger partial charge in [0, 0.05) is 28.4 Å². The van der Waals surface area contributed by atoms with Crippen LogP contribution in [0.2, 0.25) is 0 Å². The van der Waals surface area contributed by atoms with Crippen molar-refractivity contribution in [2.75, 3.05) is 45.7 Å². The van der Waals surface area contributed by atoms with Crippen molar-refractivity contribution in [1.29, 1.82) is 0 Å². The van der Waals surface area contributed by atoms with Gasteiger partial charge in [-0.3, -0.25) is 4.40 Å². The van der Waals surface area contributed by atoms with Crippen LogP contribution in [-0.2, 0) is 0 Å². The van der Waals surface area contributed by atoms with Gasteiger partial charge in [0.15, 0.2) is 0 Å². The number of quaternary nitrogens is 1. The highest BCUT2D eigenvalue weighted by Gasteiger charge is 2.15. The molecule has 0 amide bonds. The molecule has 198 valence electrons. The molecule has 39 heavy (non-hydrogen) atoms. The van der Waals surface area contributed by atoms with Crippen molar-refractivity contribution >= 4 is 67.5 Å². The van der Waals surface area contributed by atoms with E-state index in [0.29, 0.717) is 0 Å². The maximum absolute atomic E-state index is 5.93. The van der Waals surface area contributed by atoms with E-state index in [1.807, 2.05) is 30.3 Å². The quantitative estimate of drug-likeness (QED) is 0.149. The van der Waals surface area contributed by atoms with Gasteiger partial charge in [0.05, 0.1) is 56.6 Å². The minimum absolute atomic E-state index is 0. The average molecular weight is 600 g/mol. The normalized spacial score (nSPS) is 12.2. The topological polar surface area (TPSA) is 45.3 Å². The Labute approximate surface area is 243 Å². The van der Waals surface area contributed by atoms with Gasteiger partial charge in [-0.25, -0.2) is 4.98 Å². The van der Waals surface area contributed by atoms with Gasteiger partial charge in [0.2, 0.25) is 0 Å². The Bertz CT molecular complexity index is 1870. The van der Waals surface area contributed by atoms with Crippen LogP contribution in [0.15, 0.2) is 89.1 Å². The van der Waals surface area contributed by atoms with Crippen LogP contribution >= 0.6 is 12.2 Å². The molecular weight excluding hydrogens is 568 g/mol. The number of aromatic nitrogens is 2. The van der Waals surface area contributed by atoms with Crippen LogP contribution in [-0.4, -0.2) is 54.6 Å². The lowest BCUT2D eigenvalue weighted by Gasteiger charge is -2.29. The Morgan fingerprint density at radius 1 is 0.872 bits per heavy atom. The van der Waals surface area contributed by atoms with E-state index in [0.717, 1.165) is 78.4 Å². The number of benzene rings is 4. The highest BCUT2D eigenvalue weighted by Crippen LogP contribution is 2.36. The van der Waals surface area contributed by atoms with Gasteiger partial charge in [0.1, 0.15) is 10.3 Å². The third-order valence-electron chi connectivity index (χ3n) is 7.12. The van der Waals surface area contributed by atoms with Crippen LogP contribution < -0.4 is 21.9 Å². The molecule has 0 N–H and O–H groups in total. The summed E-state index contributed by atoms with van der Waals surface area (Å²) in [4.78, 5) is 7.34. The van der Waals surface area contributed by atoms with Crippen LogP contribution in [0.3, 0.4) is 0 Å². The second kappa shape index (κ2) is 10.6. The van der Waals surface area contributed by atoms with Gasteiger partial charge < -0.3 is 26.4 Å². The molecule has 6 rings (SSSR count). The number of fused-ring (bicyclic) bond motifs is 4. The van der Waals surface area contributed by atoms with Crippen molar-refractivity contribution in [3.05, 3.63) is 83.5 Å². The monoisotopic (exact) mass is 598 g/mol. The van der Waals surface area contributed by atoms with Gasteiger partial charge in [-0.2, -0.15) is 10.2 Å². The Morgan fingerprint density at radius 2 is 1.62 bits per heavy atom. The maximum Gasteiger partial charge on any atom is 0.147 e. The third kappa shape index (κ3) is 5.12. The predicted molar refractivity (Wildman–Crippen MR) is 161 cm³/mol. The standard InChI is InChI=1S/C31H31N6S.BrH/c1-5-35(17-18-37(2,3)4)24-15-13-22(14-16-24)33-34-23-19-21-9-8-10-25-29(21)26(20-23)30-32-27-11-6-7-12-28(27)36(30)31(25)38;/h6-16,19-20H,5,17-18H2,1-4H3;1H/q+1;/p-1. The lowest BCUT2D eigenvalue weighted by atomic mass is 10.0. The first-order valence-electron chi connectivity index (χ1n) is 13.0. The fourth-order valence-electron chi connectivity index (χ4n) is 5.09. The zero-order valence-electron chi connectivity index (χ0n) is 22.6. The number of likely N-dealkylation sites (N-methyl/N-ethyl adjacent to an activating group) is 2. The van der Waals surface area contributed by atoms with E-state index in [9.17, 15) is 0 Å². The van der Waals surface area contributed by atoms with Gasteiger partial charge in [-0.05, 0) is 60.8 Å². The summed E-state index contributed by atoms with van der Waals surface area (Å²) in [7, 11) is 6.68. The van der Waals surface area contributed by atoms with E-state index < -0.39 is 0 Å². The molecule has 0 unspecified atom stereocenters. The first-order chi connectivity index (χ1) is 18.3. The second-order valence-electron chi connectivity index (χ2n) is 10.8. The van der Waals surface area contributed by atoms with E-state index in [1.165, 1.54) is 5.69 Å². The summed E-state index contributed by atoms with van der Waals surface area (Å²) in [5.74, 6) is 0. The molecule has 0 atom stereocenters. The van der Waals surface area contributed by atoms with Gasteiger partial charge >= 0.3 is 0 Å². The number of para-hydroxylation sites is 2. The van der Waals surface area contributed by atoms with Crippen molar-refractivity contribution in [3.63, 3.8) is 0 Å². The number of imidazole rings is 1. The molecule has 0 fully saturated rings. The predicted octanol–water partition coefficient (Wildman–Crippen LogP) is 4.91. The smallest absolute Gasteiger partial charge is 0.147 e. The van der Waals surface area contributed by atoms with Gasteiger partial charge in [-0.15, -0.1) is 0 Å². The van der Waals surface area contributed by atoms with Gasteiger partial charge in [-0.1, -0.05) is 42.5 Å². The Morgan fingerprint density at radius 3 is 2.36 bits per heavy atom. The molecular formula is C31H31BrN6S. The molecule has 0 spiro atoms.